The number of aliphatic imine (C=N–C) groups is 4. The average molecular weight is 780 g/mol. The third-order valence-electron chi connectivity index (χ3n) is 10.4. The smallest absolute Gasteiger partial charge is 0.870 e. The molecule has 2 aromatic carbocycles. The van der Waals surface area contributed by atoms with E-state index in [1.807, 2.05) is 24.3 Å². The Morgan fingerprint density at radius 1 is 0.345 bits per heavy atom. The zero-order valence-electron chi connectivity index (χ0n) is 34.4. The normalized spacial score (nSPS) is 18.4. The molecule has 55 heavy (non-hydrogen) atoms. The van der Waals surface area contributed by atoms with E-state index in [0.29, 0.717) is 45.6 Å². The summed E-state index contributed by atoms with van der Waals surface area (Å²) in [6.07, 6.45) is 14.5. The molecule has 0 aromatic heterocycles. The van der Waals surface area contributed by atoms with Crippen LogP contribution in [-0.4, -0.2) is 22.8 Å². The first kappa shape index (κ1) is 39.9. The van der Waals surface area contributed by atoms with Crippen LogP contribution in [0.2, 0.25) is 0 Å². The fourth-order valence-electron chi connectivity index (χ4n) is 6.90. The van der Waals surface area contributed by atoms with Gasteiger partial charge in [-0.15, -0.1) is 0 Å². The number of fused-ring (bicyclic) bond motifs is 4. The van der Waals surface area contributed by atoms with Crippen molar-refractivity contribution in [3.05, 3.63) is 153 Å². The van der Waals surface area contributed by atoms with E-state index in [9.17, 15) is 10.2 Å². The minimum Gasteiger partial charge on any atom is -0.870 e. The maximum Gasteiger partial charge on any atom is 2.00 e. The average Bonchev–Trinajstić information content (AvgIpc) is 3.91. The SMILES string of the molecule is CC(C)(C)c1cc(C2=C3C=CC(=N3)C([O-])=C3C=CC(=N3)C(c3cc(C(C)(C)C)cc(C(C)(C)C)c3)=C3C=CC(=N3)C([O-])=C3C=CC2=N3)cc(C(C)(C)C)c1.[Zn+2]. The van der Waals surface area contributed by atoms with Crippen molar-refractivity contribution in [2.45, 2.75) is 105 Å². The number of allylic oxidation sites excluding steroid dienone is 10. The third kappa shape index (κ3) is 7.74. The topological polar surface area (TPSA) is 95.6 Å². The van der Waals surface area contributed by atoms with E-state index in [-0.39, 0.29) is 52.7 Å². The van der Waals surface area contributed by atoms with E-state index >= 15 is 0 Å². The van der Waals surface area contributed by atoms with Crippen LogP contribution >= 0.6 is 0 Å². The molecule has 0 saturated heterocycles. The Balaban J connectivity index is 0.00000514. The van der Waals surface area contributed by atoms with Crippen molar-refractivity contribution >= 4 is 34.0 Å². The predicted molar refractivity (Wildman–Crippen MR) is 222 cm³/mol. The summed E-state index contributed by atoms with van der Waals surface area (Å²) >= 11 is 0. The van der Waals surface area contributed by atoms with Gasteiger partial charge < -0.3 is 10.2 Å². The molecule has 0 radical (unpaired) electrons. The van der Waals surface area contributed by atoms with Crippen LogP contribution in [0.5, 0.6) is 0 Å². The summed E-state index contributed by atoms with van der Waals surface area (Å²) in [5.74, 6) is -0.531. The largest absolute Gasteiger partial charge is 2.00 e. The molecule has 6 nitrogen and oxygen atoms in total. The second kappa shape index (κ2) is 13.8. The maximum atomic E-state index is 14.2. The van der Waals surface area contributed by atoms with Crippen molar-refractivity contribution in [1.82, 2.24) is 0 Å². The summed E-state index contributed by atoms with van der Waals surface area (Å²) in [5.41, 5.74) is 11.2. The van der Waals surface area contributed by atoms with Gasteiger partial charge in [-0.1, -0.05) is 131 Å². The quantitative estimate of drug-likeness (QED) is 0.284. The molecule has 0 spiro atoms. The Kier molecular flexibility index (Phi) is 10.0. The van der Waals surface area contributed by atoms with Gasteiger partial charge in [-0.05, 0) is 104 Å². The van der Waals surface area contributed by atoms with Crippen LogP contribution in [-0.2, 0) is 41.1 Å². The first-order chi connectivity index (χ1) is 25.1. The van der Waals surface area contributed by atoms with Crippen LogP contribution in [0.25, 0.3) is 11.1 Å². The van der Waals surface area contributed by atoms with E-state index in [4.69, 9.17) is 20.0 Å². The van der Waals surface area contributed by atoms with Crippen molar-refractivity contribution in [2.75, 3.05) is 0 Å². The van der Waals surface area contributed by atoms with Crippen molar-refractivity contribution in [1.29, 1.82) is 0 Å². The van der Waals surface area contributed by atoms with E-state index in [2.05, 4.69) is 119 Å². The fraction of sp³-hybridized carbons (Fsp3) is 0.333. The van der Waals surface area contributed by atoms with E-state index in [0.717, 1.165) is 22.3 Å². The molecule has 0 fully saturated rings. The van der Waals surface area contributed by atoms with E-state index in [1.54, 1.807) is 24.3 Å². The first-order valence-corrected chi connectivity index (χ1v) is 18.8. The van der Waals surface area contributed by atoms with Crippen LogP contribution in [0, 0.1) is 0 Å². The molecule has 0 amide bonds. The minimum absolute atomic E-state index is 0. The number of hydrogen-bond acceptors (Lipinski definition) is 6. The van der Waals surface area contributed by atoms with Crippen molar-refractivity contribution in [3.8, 4) is 0 Å². The molecule has 0 N–H and O–H groups in total. The molecule has 8 bridgehead atoms. The fourth-order valence-corrected chi connectivity index (χ4v) is 6.90. The Hall–Kier alpha value is -4.74. The maximum absolute atomic E-state index is 14.2. The third-order valence-corrected chi connectivity index (χ3v) is 10.4. The predicted octanol–water partition coefficient (Wildman–Crippen LogP) is 9.20. The Labute approximate surface area is 339 Å². The number of benzene rings is 2. The zero-order valence-corrected chi connectivity index (χ0v) is 37.4. The van der Waals surface area contributed by atoms with Gasteiger partial charge in [0.2, 0.25) is 0 Å². The summed E-state index contributed by atoms with van der Waals surface area (Å²) in [7, 11) is 0. The Bertz CT molecular complexity index is 2170. The van der Waals surface area contributed by atoms with Gasteiger partial charge in [-0.2, -0.15) is 0 Å². The van der Waals surface area contributed by atoms with Gasteiger partial charge in [0, 0.05) is 11.1 Å². The monoisotopic (exact) mass is 778 g/mol. The molecule has 0 aliphatic carbocycles. The second-order valence-corrected chi connectivity index (χ2v) is 18.9. The van der Waals surface area contributed by atoms with Crippen LogP contribution < -0.4 is 10.2 Å². The second-order valence-electron chi connectivity index (χ2n) is 18.9. The molecular formula is C48H50N4O2Zn. The summed E-state index contributed by atoms with van der Waals surface area (Å²) in [4.78, 5) is 19.8. The van der Waals surface area contributed by atoms with Gasteiger partial charge in [-0.25, -0.2) is 20.0 Å². The molecule has 2 aromatic rings. The molecule has 7 heteroatoms. The summed E-state index contributed by atoms with van der Waals surface area (Å²) in [5, 5.41) is 28.4. The van der Waals surface area contributed by atoms with Gasteiger partial charge in [0.15, 0.2) is 0 Å². The van der Waals surface area contributed by atoms with Gasteiger partial charge in [-0.3, -0.25) is 0 Å². The standard InChI is InChI=1S/C48H52N4O2.Zn/c1-45(2,3)29-21-27(22-30(25-29)46(4,5)6)41-33-13-17-37(49-33)43(53)39-19-15-35(51-39)42(28-23-31(47(7,8)9)26-32(24-28)48(10,11)12)36-16-20-40(52-36)44(54)38-18-14-34(41)50-38;/h13-26,53-54H,1-12H3;/q;+2/p-2. The van der Waals surface area contributed by atoms with E-state index in [1.165, 1.54) is 22.3 Å². The van der Waals surface area contributed by atoms with Gasteiger partial charge in [0.05, 0.1) is 45.6 Å². The van der Waals surface area contributed by atoms with Crippen molar-refractivity contribution in [2.24, 2.45) is 20.0 Å². The van der Waals surface area contributed by atoms with E-state index < -0.39 is 0 Å². The number of rotatable bonds is 2. The number of nitrogens with zero attached hydrogens (tertiary/aromatic N) is 4. The summed E-state index contributed by atoms with van der Waals surface area (Å²) in [6, 6.07) is 13.3. The molecule has 0 saturated carbocycles. The summed E-state index contributed by atoms with van der Waals surface area (Å²) < 4.78 is 0. The Morgan fingerprint density at radius 3 is 0.891 bits per heavy atom. The van der Waals surface area contributed by atoms with Crippen molar-refractivity contribution < 1.29 is 29.7 Å². The molecule has 0 atom stereocenters. The first-order valence-electron chi connectivity index (χ1n) is 18.8. The molecular weight excluding hydrogens is 730 g/mol. The van der Waals surface area contributed by atoms with Crippen LogP contribution in [0.3, 0.4) is 0 Å². The molecule has 0 unspecified atom stereocenters. The summed E-state index contributed by atoms with van der Waals surface area (Å²) in [6.45, 7) is 26.4. The van der Waals surface area contributed by atoms with Crippen LogP contribution in [0.1, 0.15) is 116 Å². The molecule has 7 rings (SSSR count). The van der Waals surface area contributed by atoms with Gasteiger partial charge in [0.25, 0.3) is 0 Å². The Morgan fingerprint density at radius 2 is 0.600 bits per heavy atom. The molecule has 276 valence electrons. The van der Waals surface area contributed by atoms with Crippen LogP contribution in [0.15, 0.2) is 139 Å². The molecule has 5 heterocycles. The van der Waals surface area contributed by atoms with Gasteiger partial charge >= 0.3 is 19.5 Å². The molecule has 5 aliphatic heterocycles. The van der Waals surface area contributed by atoms with Crippen LogP contribution in [0.4, 0.5) is 0 Å². The van der Waals surface area contributed by atoms with Crippen molar-refractivity contribution in [3.63, 3.8) is 0 Å². The zero-order chi connectivity index (χ0) is 39.1. The molecule has 5 aliphatic rings. The van der Waals surface area contributed by atoms with Gasteiger partial charge in [0.1, 0.15) is 0 Å². The minimum atomic E-state index is -0.265. The number of hydrogen-bond donors (Lipinski definition) is 0.